The van der Waals surface area contributed by atoms with Crippen molar-refractivity contribution < 1.29 is 4.79 Å². The van der Waals surface area contributed by atoms with Gasteiger partial charge in [-0.1, -0.05) is 19.8 Å². The van der Waals surface area contributed by atoms with Crippen LogP contribution in [0.5, 0.6) is 0 Å². The number of nitrogens with one attached hydrogen (secondary N) is 1. The zero-order chi connectivity index (χ0) is 12.7. The Bertz CT molecular complexity index is 233. The quantitative estimate of drug-likeness (QED) is 0.703. The molecule has 0 aromatic heterocycles. The van der Waals surface area contributed by atoms with Crippen molar-refractivity contribution >= 4 is 5.91 Å². The number of carbonyl (C=O) groups excluding carboxylic acids is 1. The molecule has 1 fully saturated rings. The van der Waals surface area contributed by atoms with Crippen LogP contribution in [0.25, 0.3) is 0 Å². The summed E-state index contributed by atoms with van der Waals surface area (Å²) in [5.41, 5.74) is 0. The molecule has 1 aliphatic rings. The minimum Gasteiger partial charge on any atom is -0.346 e. The number of hydrogen-bond acceptors (Lipinski definition) is 3. The Hall–Kier alpha value is -0.610. The van der Waals surface area contributed by atoms with E-state index in [0.29, 0.717) is 12.5 Å². The maximum Gasteiger partial charge on any atom is 0.223 e. The molecule has 0 aromatic rings. The molecule has 0 aliphatic carbocycles. The molecular formula is C13H27N3O. The standard InChI is InChI=1S/C13H27N3O/c1-4-5-6-8-16(3)13(17)10-12-11-14-7-9-15(12)2/h12,14H,4-11H2,1-3H3. The van der Waals surface area contributed by atoms with E-state index in [1.54, 1.807) is 0 Å². The van der Waals surface area contributed by atoms with Crippen LogP contribution in [0.3, 0.4) is 0 Å². The van der Waals surface area contributed by atoms with E-state index in [2.05, 4.69) is 24.2 Å². The van der Waals surface area contributed by atoms with Crippen molar-refractivity contribution in [1.29, 1.82) is 0 Å². The molecule has 0 bridgehead atoms. The third-order valence-electron chi connectivity index (χ3n) is 3.58. The second kappa shape index (κ2) is 7.67. The van der Waals surface area contributed by atoms with Crippen LogP contribution in [0.4, 0.5) is 0 Å². The number of nitrogens with zero attached hydrogens (tertiary/aromatic N) is 2. The van der Waals surface area contributed by atoms with E-state index in [1.165, 1.54) is 12.8 Å². The third kappa shape index (κ3) is 5.04. The second-order valence-electron chi connectivity index (χ2n) is 5.07. The molecule has 17 heavy (non-hydrogen) atoms. The molecule has 0 saturated carbocycles. The summed E-state index contributed by atoms with van der Waals surface area (Å²) >= 11 is 0. The number of unbranched alkanes of at least 4 members (excludes halogenated alkanes) is 2. The summed E-state index contributed by atoms with van der Waals surface area (Å²) in [6.07, 6.45) is 4.18. The van der Waals surface area contributed by atoms with Crippen molar-refractivity contribution in [3.05, 3.63) is 0 Å². The molecule has 1 rings (SSSR count). The minimum atomic E-state index is 0.279. The summed E-state index contributed by atoms with van der Waals surface area (Å²) in [7, 11) is 4.03. The predicted molar refractivity (Wildman–Crippen MR) is 71.1 cm³/mol. The van der Waals surface area contributed by atoms with Crippen molar-refractivity contribution in [2.75, 3.05) is 40.3 Å². The van der Waals surface area contributed by atoms with Gasteiger partial charge in [0, 0.05) is 45.7 Å². The van der Waals surface area contributed by atoms with Crippen LogP contribution in [0, 0.1) is 0 Å². The molecule has 1 aliphatic heterocycles. The summed E-state index contributed by atoms with van der Waals surface area (Å²) < 4.78 is 0. The fourth-order valence-corrected chi connectivity index (χ4v) is 2.17. The second-order valence-corrected chi connectivity index (χ2v) is 5.07. The van der Waals surface area contributed by atoms with Gasteiger partial charge < -0.3 is 15.1 Å². The van der Waals surface area contributed by atoms with Crippen LogP contribution in [-0.2, 0) is 4.79 Å². The van der Waals surface area contributed by atoms with E-state index < -0.39 is 0 Å². The highest BCUT2D eigenvalue weighted by molar-refractivity contribution is 5.76. The Kier molecular flexibility index (Phi) is 6.52. The molecule has 1 saturated heterocycles. The molecule has 4 nitrogen and oxygen atoms in total. The van der Waals surface area contributed by atoms with E-state index >= 15 is 0 Å². The van der Waals surface area contributed by atoms with Crippen LogP contribution < -0.4 is 5.32 Å². The van der Waals surface area contributed by atoms with E-state index in [0.717, 1.165) is 32.6 Å². The fraction of sp³-hybridized carbons (Fsp3) is 0.923. The highest BCUT2D eigenvalue weighted by Crippen LogP contribution is 2.07. The number of amides is 1. The zero-order valence-electron chi connectivity index (χ0n) is 11.5. The number of carbonyl (C=O) groups is 1. The van der Waals surface area contributed by atoms with Crippen molar-refractivity contribution in [3.8, 4) is 0 Å². The van der Waals surface area contributed by atoms with Gasteiger partial charge in [-0.2, -0.15) is 0 Å². The lowest BCUT2D eigenvalue weighted by Crippen LogP contribution is -2.51. The van der Waals surface area contributed by atoms with Gasteiger partial charge in [-0.3, -0.25) is 4.79 Å². The predicted octanol–water partition coefficient (Wildman–Crippen LogP) is 0.929. The Labute approximate surface area is 105 Å². The Morgan fingerprint density at radius 1 is 1.47 bits per heavy atom. The first-order valence-corrected chi connectivity index (χ1v) is 6.80. The summed E-state index contributed by atoms with van der Waals surface area (Å²) in [4.78, 5) is 16.2. The number of piperazine rings is 1. The van der Waals surface area contributed by atoms with Crippen molar-refractivity contribution in [2.45, 2.75) is 38.6 Å². The van der Waals surface area contributed by atoms with Crippen molar-refractivity contribution in [2.24, 2.45) is 0 Å². The topological polar surface area (TPSA) is 35.6 Å². The van der Waals surface area contributed by atoms with Crippen molar-refractivity contribution in [3.63, 3.8) is 0 Å². The highest BCUT2D eigenvalue weighted by atomic mass is 16.2. The van der Waals surface area contributed by atoms with Crippen molar-refractivity contribution in [1.82, 2.24) is 15.1 Å². The normalized spacial score (nSPS) is 21.5. The molecule has 0 aromatic carbocycles. The largest absolute Gasteiger partial charge is 0.346 e. The molecule has 1 atom stereocenters. The summed E-state index contributed by atoms with van der Waals surface area (Å²) in [5, 5.41) is 3.35. The Balaban J connectivity index is 2.26. The summed E-state index contributed by atoms with van der Waals surface area (Å²) in [6, 6.07) is 0.366. The molecule has 0 spiro atoms. The molecule has 4 heteroatoms. The van der Waals surface area contributed by atoms with Gasteiger partial charge in [-0.05, 0) is 13.5 Å². The molecule has 0 radical (unpaired) electrons. The first-order valence-electron chi connectivity index (χ1n) is 6.80. The average Bonchev–Trinajstić information content (AvgIpc) is 2.32. The molecule has 1 N–H and O–H groups in total. The zero-order valence-corrected chi connectivity index (χ0v) is 11.5. The van der Waals surface area contributed by atoms with E-state index in [9.17, 15) is 4.79 Å². The van der Waals surface area contributed by atoms with Gasteiger partial charge in [0.1, 0.15) is 0 Å². The SMILES string of the molecule is CCCCCN(C)C(=O)CC1CNCCN1C. The first-order chi connectivity index (χ1) is 8.15. The molecule has 1 amide bonds. The lowest BCUT2D eigenvalue weighted by molar-refractivity contribution is -0.131. The molecule has 100 valence electrons. The maximum atomic E-state index is 12.0. The summed E-state index contributed by atoms with van der Waals surface area (Å²) in [6.45, 7) is 6.09. The lowest BCUT2D eigenvalue weighted by Gasteiger charge is -2.33. The van der Waals surface area contributed by atoms with Gasteiger partial charge in [-0.15, -0.1) is 0 Å². The van der Waals surface area contributed by atoms with Gasteiger partial charge in [0.25, 0.3) is 0 Å². The number of rotatable bonds is 6. The third-order valence-corrected chi connectivity index (χ3v) is 3.58. The monoisotopic (exact) mass is 241 g/mol. The van der Waals surface area contributed by atoms with Crippen LogP contribution in [0.1, 0.15) is 32.6 Å². The number of likely N-dealkylation sites (N-methyl/N-ethyl adjacent to an activating group) is 1. The maximum absolute atomic E-state index is 12.0. The van der Waals surface area contributed by atoms with Crippen LogP contribution in [0.2, 0.25) is 0 Å². The summed E-state index contributed by atoms with van der Waals surface area (Å²) in [5.74, 6) is 0.279. The van der Waals surface area contributed by atoms with Gasteiger partial charge in [0.15, 0.2) is 0 Å². The van der Waals surface area contributed by atoms with Crippen LogP contribution in [-0.4, -0.2) is 62.0 Å². The molecule has 1 unspecified atom stereocenters. The molecule has 1 heterocycles. The average molecular weight is 241 g/mol. The molecular weight excluding hydrogens is 214 g/mol. The highest BCUT2D eigenvalue weighted by Gasteiger charge is 2.22. The van der Waals surface area contributed by atoms with Gasteiger partial charge in [-0.25, -0.2) is 0 Å². The number of hydrogen-bond donors (Lipinski definition) is 1. The van der Waals surface area contributed by atoms with E-state index in [4.69, 9.17) is 0 Å². The minimum absolute atomic E-state index is 0.279. The fourth-order valence-electron chi connectivity index (χ4n) is 2.17. The Morgan fingerprint density at radius 2 is 2.24 bits per heavy atom. The van der Waals surface area contributed by atoms with Crippen LogP contribution >= 0.6 is 0 Å². The van der Waals surface area contributed by atoms with Crippen LogP contribution in [0.15, 0.2) is 0 Å². The smallest absolute Gasteiger partial charge is 0.223 e. The van der Waals surface area contributed by atoms with Gasteiger partial charge in [0.05, 0.1) is 0 Å². The lowest BCUT2D eigenvalue weighted by atomic mass is 10.1. The van der Waals surface area contributed by atoms with Gasteiger partial charge in [0.2, 0.25) is 5.91 Å². The van der Waals surface area contributed by atoms with E-state index in [1.807, 2.05) is 11.9 Å². The Morgan fingerprint density at radius 3 is 2.88 bits per heavy atom. The van der Waals surface area contributed by atoms with E-state index in [-0.39, 0.29) is 5.91 Å². The van der Waals surface area contributed by atoms with Gasteiger partial charge >= 0.3 is 0 Å². The first kappa shape index (κ1) is 14.5.